The van der Waals surface area contributed by atoms with E-state index in [1.165, 1.54) is 0 Å². The third-order valence-electron chi connectivity index (χ3n) is 4.01. The maximum absolute atomic E-state index is 11.7. The molecule has 5 nitrogen and oxygen atoms in total. The predicted molar refractivity (Wildman–Crippen MR) is 66.7 cm³/mol. The molecule has 2 heterocycles. The van der Waals surface area contributed by atoms with Gasteiger partial charge in [-0.15, -0.1) is 0 Å². The molecule has 0 bridgehead atoms. The van der Waals surface area contributed by atoms with Crippen molar-refractivity contribution in [1.29, 1.82) is 0 Å². The summed E-state index contributed by atoms with van der Waals surface area (Å²) in [4.78, 5) is 2.25. The molecule has 17 heavy (non-hydrogen) atoms. The van der Waals surface area contributed by atoms with E-state index in [2.05, 4.69) is 11.8 Å². The van der Waals surface area contributed by atoms with Crippen LogP contribution >= 0.6 is 0 Å². The second-order valence-corrected chi connectivity index (χ2v) is 7.30. The van der Waals surface area contributed by atoms with E-state index in [4.69, 9.17) is 10.5 Å². The molecule has 6 heteroatoms. The average Bonchev–Trinajstić information content (AvgIpc) is 2.66. The molecule has 0 aromatic rings. The summed E-state index contributed by atoms with van der Waals surface area (Å²) in [7, 11) is -2.90. The van der Waals surface area contributed by atoms with Crippen LogP contribution in [0.15, 0.2) is 0 Å². The molecule has 0 amide bonds. The standard InChI is InChI=1S/C11H22N2O3S/c1-2-10-7-13(4-5-16-10)11(8-12)3-6-17(14,15)9-11/h10H,2-9,12H2,1H3. The van der Waals surface area contributed by atoms with Crippen LogP contribution in [-0.4, -0.2) is 62.7 Å². The van der Waals surface area contributed by atoms with Gasteiger partial charge in [-0.3, -0.25) is 4.90 Å². The van der Waals surface area contributed by atoms with Gasteiger partial charge in [0.2, 0.25) is 0 Å². The monoisotopic (exact) mass is 262 g/mol. The van der Waals surface area contributed by atoms with Gasteiger partial charge in [-0.2, -0.15) is 0 Å². The average molecular weight is 262 g/mol. The lowest BCUT2D eigenvalue weighted by molar-refractivity contribution is -0.0631. The van der Waals surface area contributed by atoms with E-state index < -0.39 is 9.84 Å². The lowest BCUT2D eigenvalue weighted by Crippen LogP contribution is -2.60. The molecule has 2 rings (SSSR count). The fraction of sp³-hybridized carbons (Fsp3) is 1.00. The van der Waals surface area contributed by atoms with Crippen molar-refractivity contribution < 1.29 is 13.2 Å². The molecule has 0 aliphatic carbocycles. The molecule has 2 unspecified atom stereocenters. The van der Waals surface area contributed by atoms with Crippen LogP contribution in [0.4, 0.5) is 0 Å². The Morgan fingerprint density at radius 1 is 1.53 bits per heavy atom. The zero-order valence-corrected chi connectivity index (χ0v) is 11.2. The smallest absolute Gasteiger partial charge is 0.152 e. The molecule has 100 valence electrons. The first-order chi connectivity index (χ1) is 8.01. The Labute approximate surface area is 103 Å². The van der Waals surface area contributed by atoms with Crippen molar-refractivity contribution in [1.82, 2.24) is 4.90 Å². The van der Waals surface area contributed by atoms with Crippen LogP contribution in [0, 0.1) is 0 Å². The Balaban J connectivity index is 2.13. The highest BCUT2D eigenvalue weighted by Crippen LogP contribution is 2.30. The number of hydrogen-bond donors (Lipinski definition) is 1. The lowest BCUT2D eigenvalue weighted by atomic mass is 9.95. The molecule has 2 aliphatic rings. The second-order valence-electron chi connectivity index (χ2n) is 5.12. The van der Waals surface area contributed by atoms with Crippen molar-refractivity contribution in [3.63, 3.8) is 0 Å². The second kappa shape index (κ2) is 4.84. The Morgan fingerprint density at radius 2 is 2.29 bits per heavy atom. The van der Waals surface area contributed by atoms with Crippen LogP contribution in [0.2, 0.25) is 0 Å². The van der Waals surface area contributed by atoms with Crippen molar-refractivity contribution in [3.05, 3.63) is 0 Å². The Kier molecular flexibility index (Phi) is 3.77. The van der Waals surface area contributed by atoms with Gasteiger partial charge < -0.3 is 10.5 Å². The van der Waals surface area contributed by atoms with E-state index in [-0.39, 0.29) is 23.1 Å². The SMILES string of the molecule is CCC1CN(C2(CN)CCS(=O)(=O)C2)CCO1. The summed E-state index contributed by atoms with van der Waals surface area (Å²) < 4.78 is 29.0. The minimum Gasteiger partial charge on any atom is -0.376 e. The minimum atomic E-state index is -2.90. The molecule has 2 saturated heterocycles. The normalized spacial score (nSPS) is 38.4. The Morgan fingerprint density at radius 3 is 2.82 bits per heavy atom. The van der Waals surface area contributed by atoms with Gasteiger partial charge in [-0.05, 0) is 12.8 Å². The molecular formula is C11H22N2O3S. The fourth-order valence-corrected chi connectivity index (χ4v) is 4.93. The highest BCUT2D eigenvalue weighted by Gasteiger charge is 2.46. The fourth-order valence-electron chi connectivity index (χ4n) is 2.84. The van der Waals surface area contributed by atoms with Gasteiger partial charge in [-0.25, -0.2) is 8.42 Å². The van der Waals surface area contributed by atoms with E-state index in [1.807, 2.05) is 0 Å². The molecule has 0 spiro atoms. The number of rotatable bonds is 3. The topological polar surface area (TPSA) is 72.6 Å². The molecule has 0 aromatic heterocycles. The Hall–Kier alpha value is -0.170. The van der Waals surface area contributed by atoms with Crippen LogP contribution in [0.5, 0.6) is 0 Å². The van der Waals surface area contributed by atoms with Gasteiger partial charge in [-0.1, -0.05) is 6.92 Å². The van der Waals surface area contributed by atoms with Gasteiger partial charge in [0.1, 0.15) is 0 Å². The van der Waals surface area contributed by atoms with Crippen molar-refractivity contribution >= 4 is 9.84 Å². The first-order valence-corrected chi connectivity index (χ1v) is 8.11. The quantitative estimate of drug-likeness (QED) is 0.750. The highest BCUT2D eigenvalue weighted by molar-refractivity contribution is 7.91. The van der Waals surface area contributed by atoms with Crippen LogP contribution < -0.4 is 5.73 Å². The maximum Gasteiger partial charge on any atom is 0.152 e. The van der Waals surface area contributed by atoms with Gasteiger partial charge in [0.25, 0.3) is 0 Å². The third-order valence-corrected chi connectivity index (χ3v) is 5.82. The molecule has 2 atom stereocenters. The number of nitrogens with zero attached hydrogens (tertiary/aromatic N) is 1. The number of hydrogen-bond acceptors (Lipinski definition) is 5. The summed E-state index contributed by atoms with van der Waals surface area (Å²) in [5.41, 5.74) is 5.52. The molecule has 0 radical (unpaired) electrons. The molecule has 2 aliphatic heterocycles. The minimum absolute atomic E-state index is 0.215. The summed E-state index contributed by atoms with van der Waals surface area (Å²) in [5, 5.41) is 0. The first-order valence-electron chi connectivity index (χ1n) is 6.28. The Bertz CT molecular complexity index is 371. The number of ether oxygens (including phenoxy) is 1. The van der Waals surface area contributed by atoms with Gasteiger partial charge in [0.15, 0.2) is 9.84 Å². The highest BCUT2D eigenvalue weighted by atomic mass is 32.2. The third kappa shape index (κ3) is 2.65. The van der Waals surface area contributed by atoms with Crippen molar-refractivity contribution in [3.8, 4) is 0 Å². The molecule has 2 fully saturated rings. The predicted octanol–water partition coefficient (Wildman–Crippen LogP) is -0.387. The van der Waals surface area contributed by atoms with Crippen LogP contribution in [0.1, 0.15) is 19.8 Å². The van der Waals surface area contributed by atoms with E-state index >= 15 is 0 Å². The number of nitrogens with two attached hydrogens (primary N) is 1. The molecule has 0 saturated carbocycles. The summed E-state index contributed by atoms with van der Waals surface area (Å²) in [5.74, 6) is 0.491. The molecular weight excluding hydrogens is 240 g/mol. The largest absolute Gasteiger partial charge is 0.376 e. The van der Waals surface area contributed by atoms with Gasteiger partial charge >= 0.3 is 0 Å². The van der Waals surface area contributed by atoms with Gasteiger partial charge in [0, 0.05) is 25.2 Å². The van der Waals surface area contributed by atoms with E-state index in [0.717, 1.165) is 19.5 Å². The summed E-state index contributed by atoms with van der Waals surface area (Å²) >= 11 is 0. The zero-order valence-electron chi connectivity index (χ0n) is 10.4. The van der Waals surface area contributed by atoms with Crippen molar-refractivity contribution in [2.45, 2.75) is 31.4 Å². The van der Waals surface area contributed by atoms with Crippen LogP contribution in [-0.2, 0) is 14.6 Å². The zero-order chi connectivity index (χ0) is 12.5. The van der Waals surface area contributed by atoms with Crippen LogP contribution in [0.25, 0.3) is 0 Å². The summed E-state index contributed by atoms with van der Waals surface area (Å²) in [6.07, 6.45) is 1.85. The lowest BCUT2D eigenvalue weighted by Gasteiger charge is -2.44. The van der Waals surface area contributed by atoms with Crippen molar-refractivity contribution in [2.24, 2.45) is 5.73 Å². The van der Waals surface area contributed by atoms with E-state index in [1.54, 1.807) is 0 Å². The maximum atomic E-state index is 11.7. The van der Waals surface area contributed by atoms with E-state index in [0.29, 0.717) is 19.6 Å². The van der Waals surface area contributed by atoms with E-state index in [9.17, 15) is 8.42 Å². The van der Waals surface area contributed by atoms with Crippen LogP contribution in [0.3, 0.4) is 0 Å². The van der Waals surface area contributed by atoms with Crippen molar-refractivity contribution in [2.75, 3.05) is 37.7 Å². The number of morpholine rings is 1. The molecule has 2 N–H and O–H groups in total. The molecule has 0 aromatic carbocycles. The summed E-state index contributed by atoms with van der Waals surface area (Å²) in [6.45, 7) is 4.80. The summed E-state index contributed by atoms with van der Waals surface area (Å²) in [6, 6.07) is 0. The van der Waals surface area contributed by atoms with Gasteiger partial charge in [0.05, 0.1) is 24.2 Å². The number of sulfone groups is 1. The first kappa shape index (κ1) is 13.3.